The first-order chi connectivity index (χ1) is 9.54. The van der Waals surface area contributed by atoms with Crippen LogP contribution >= 0.6 is 39.1 Å². The zero-order valence-electron chi connectivity index (χ0n) is 10.8. The second kappa shape index (κ2) is 6.79. The molecule has 0 heterocycles. The van der Waals surface area contributed by atoms with Crippen LogP contribution in [0.2, 0.25) is 10.0 Å². The molecule has 5 heteroatoms. The van der Waals surface area contributed by atoms with Crippen molar-refractivity contribution in [1.29, 1.82) is 0 Å². The Morgan fingerprint density at radius 2 is 1.85 bits per heavy atom. The van der Waals surface area contributed by atoms with Crippen LogP contribution in [0.4, 0.5) is 10.1 Å². The minimum absolute atomic E-state index is 0.161. The van der Waals surface area contributed by atoms with E-state index in [9.17, 15) is 4.39 Å². The molecule has 0 aromatic heterocycles. The topological polar surface area (TPSA) is 12.0 Å². The fraction of sp³-hybridized carbons (Fsp3) is 0.200. The molecule has 1 atom stereocenters. The van der Waals surface area contributed by atoms with Gasteiger partial charge in [0.05, 0.1) is 21.8 Å². The summed E-state index contributed by atoms with van der Waals surface area (Å²) < 4.78 is 14.6. The zero-order chi connectivity index (χ0) is 14.7. The quantitative estimate of drug-likeness (QED) is 0.604. The molecule has 1 nitrogen and oxygen atoms in total. The van der Waals surface area contributed by atoms with Crippen LogP contribution in [0, 0.1) is 5.82 Å². The van der Waals surface area contributed by atoms with Gasteiger partial charge in [0, 0.05) is 10.0 Å². The van der Waals surface area contributed by atoms with Gasteiger partial charge >= 0.3 is 0 Å². The molecular formula is C15H13BrCl2FN. The fourth-order valence-electron chi connectivity index (χ4n) is 1.98. The molecule has 1 N–H and O–H groups in total. The van der Waals surface area contributed by atoms with Gasteiger partial charge in [-0.15, -0.1) is 0 Å². The molecular weight excluding hydrogens is 364 g/mol. The number of hydrogen-bond donors (Lipinski definition) is 1. The van der Waals surface area contributed by atoms with Gasteiger partial charge in [-0.1, -0.05) is 48.3 Å². The average Bonchev–Trinajstić information content (AvgIpc) is 2.45. The molecule has 0 aliphatic rings. The van der Waals surface area contributed by atoms with Crippen LogP contribution < -0.4 is 5.32 Å². The van der Waals surface area contributed by atoms with Crippen molar-refractivity contribution >= 4 is 44.8 Å². The van der Waals surface area contributed by atoms with E-state index < -0.39 is 0 Å². The molecule has 2 rings (SSSR count). The maximum Gasteiger partial charge on any atom is 0.128 e. The zero-order valence-corrected chi connectivity index (χ0v) is 13.9. The summed E-state index contributed by atoms with van der Waals surface area (Å²) in [5.41, 5.74) is 1.31. The summed E-state index contributed by atoms with van der Waals surface area (Å²) in [6.45, 7) is 1.98. The molecule has 0 spiro atoms. The summed E-state index contributed by atoms with van der Waals surface area (Å²) in [6.07, 6.45) is 0.727. The number of halogens is 4. The first-order valence-corrected chi connectivity index (χ1v) is 7.74. The van der Waals surface area contributed by atoms with Crippen molar-refractivity contribution in [2.45, 2.75) is 19.4 Å². The lowest BCUT2D eigenvalue weighted by molar-refractivity contribution is 0.587. The highest BCUT2D eigenvalue weighted by Crippen LogP contribution is 2.37. The highest BCUT2D eigenvalue weighted by atomic mass is 79.9. The van der Waals surface area contributed by atoms with E-state index >= 15 is 0 Å². The molecule has 0 saturated carbocycles. The smallest absolute Gasteiger partial charge is 0.128 e. The van der Waals surface area contributed by atoms with E-state index in [1.165, 1.54) is 6.07 Å². The highest BCUT2D eigenvalue weighted by Gasteiger charge is 2.16. The molecule has 0 bridgehead atoms. The van der Waals surface area contributed by atoms with E-state index in [1.54, 1.807) is 12.1 Å². The summed E-state index contributed by atoms with van der Waals surface area (Å²) >= 11 is 15.6. The van der Waals surface area contributed by atoms with Crippen LogP contribution in [0.25, 0.3) is 0 Å². The normalized spacial score (nSPS) is 12.2. The molecule has 0 fully saturated rings. The Morgan fingerprint density at radius 3 is 2.50 bits per heavy atom. The van der Waals surface area contributed by atoms with E-state index in [0.29, 0.717) is 21.3 Å². The van der Waals surface area contributed by atoms with Gasteiger partial charge in [-0.3, -0.25) is 0 Å². The first kappa shape index (κ1) is 15.6. The summed E-state index contributed by atoms with van der Waals surface area (Å²) in [6, 6.07) is 10.2. The van der Waals surface area contributed by atoms with Gasteiger partial charge in [-0.25, -0.2) is 4.39 Å². The number of rotatable bonds is 4. The second-order valence-corrected chi connectivity index (χ2v) is 5.96. The molecule has 0 saturated heterocycles. The maximum absolute atomic E-state index is 13.9. The van der Waals surface area contributed by atoms with Crippen LogP contribution in [-0.4, -0.2) is 0 Å². The van der Waals surface area contributed by atoms with E-state index in [1.807, 2.05) is 25.1 Å². The SMILES string of the molecule is CCC(Nc1ccc(Br)c(Cl)c1Cl)c1ccccc1F. The predicted molar refractivity (Wildman–Crippen MR) is 87.2 cm³/mol. The summed E-state index contributed by atoms with van der Waals surface area (Å²) in [5, 5.41) is 4.12. The molecule has 20 heavy (non-hydrogen) atoms. The third-order valence-electron chi connectivity index (χ3n) is 3.05. The van der Waals surface area contributed by atoms with Crippen molar-refractivity contribution in [3.63, 3.8) is 0 Å². The monoisotopic (exact) mass is 375 g/mol. The third kappa shape index (κ3) is 3.27. The minimum Gasteiger partial charge on any atom is -0.377 e. The van der Waals surface area contributed by atoms with Gasteiger partial charge in [0.25, 0.3) is 0 Å². The van der Waals surface area contributed by atoms with Crippen molar-refractivity contribution in [3.05, 3.63) is 62.3 Å². The van der Waals surface area contributed by atoms with Crippen molar-refractivity contribution in [3.8, 4) is 0 Å². The molecule has 1 unspecified atom stereocenters. The molecule has 0 aliphatic heterocycles. The van der Waals surface area contributed by atoms with Crippen LogP contribution in [0.3, 0.4) is 0 Å². The second-order valence-electron chi connectivity index (χ2n) is 4.35. The summed E-state index contributed by atoms with van der Waals surface area (Å²) in [7, 11) is 0. The Kier molecular flexibility index (Phi) is 5.30. The Balaban J connectivity index is 2.32. The number of hydrogen-bond acceptors (Lipinski definition) is 1. The van der Waals surface area contributed by atoms with Crippen LogP contribution in [0.1, 0.15) is 24.9 Å². The Bertz CT molecular complexity index is 619. The fourth-order valence-corrected chi connectivity index (χ4v) is 2.81. The van der Waals surface area contributed by atoms with Crippen LogP contribution in [0.5, 0.6) is 0 Å². The molecule has 2 aromatic carbocycles. The largest absolute Gasteiger partial charge is 0.377 e. The highest BCUT2D eigenvalue weighted by molar-refractivity contribution is 9.10. The lowest BCUT2D eigenvalue weighted by Gasteiger charge is -2.20. The van der Waals surface area contributed by atoms with E-state index in [4.69, 9.17) is 23.2 Å². The Hall–Kier alpha value is -0.770. The van der Waals surface area contributed by atoms with Crippen molar-refractivity contribution < 1.29 is 4.39 Å². The standard InChI is InChI=1S/C15H13BrCl2FN/c1-2-12(9-5-3-4-6-11(9)19)20-13-8-7-10(16)14(17)15(13)18/h3-8,12,20H,2H2,1H3. The predicted octanol–water partition coefficient (Wildman–Crippen LogP) is 6.46. The van der Waals surface area contributed by atoms with E-state index in [2.05, 4.69) is 21.2 Å². The van der Waals surface area contributed by atoms with Crippen molar-refractivity contribution in [2.75, 3.05) is 5.32 Å². The number of nitrogens with one attached hydrogen (secondary N) is 1. The van der Waals surface area contributed by atoms with Gasteiger partial charge in [0.15, 0.2) is 0 Å². The van der Waals surface area contributed by atoms with Gasteiger partial charge in [-0.2, -0.15) is 0 Å². The summed E-state index contributed by atoms with van der Waals surface area (Å²) in [5.74, 6) is -0.230. The molecule has 0 aliphatic carbocycles. The summed E-state index contributed by atoms with van der Waals surface area (Å²) in [4.78, 5) is 0. The van der Waals surface area contributed by atoms with Crippen LogP contribution in [-0.2, 0) is 0 Å². The molecule has 106 valence electrons. The van der Waals surface area contributed by atoms with Gasteiger partial charge in [-0.05, 0) is 40.5 Å². The lowest BCUT2D eigenvalue weighted by atomic mass is 10.0. The Labute approximate surface area is 136 Å². The van der Waals surface area contributed by atoms with Crippen LogP contribution in [0.15, 0.2) is 40.9 Å². The third-order valence-corrected chi connectivity index (χ3v) is 4.82. The number of benzene rings is 2. The minimum atomic E-state index is -0.230. The van der Waals surface area contributed by atoms with Gasteiger partial charge in [0.2, 0.25) is 0 Å². The maximum atomic E-state index is 13.9. The van der Waals surface area contributed by atoms with Crippen molar-refractivity contribution in [2.24, 2.45) is 0 Å². The average molecular weight is 377 g/mol. The molecule has 0 radical (unpaired) electrons. The Morgan fingerprint density at radius 1 is 1.15 bits per heavy atom. The first-order valence-electron chi connectivity index (χ1n) is 6.19. The van der Waals surface area contributed by atoms with E-state index in [0.717, 1.165) is 10.9 Å². The molecule has 2 aromatic rings. The van der Waals surface area contributed by atoms with Crippen molar-refractivity contribution in [1.82, 2.24) is 0 Å². The van der Waals surface area contributed by atoms with Gasteiger partial charge in [0.1, 0.15) is 5.82 Å². The molecule has 0 amide bonds. The van der Waals surface area contributed by atoms with E-state index in [-0.39, 0.29) is 11.9 Å². The van der Waals surface area contributed by atoms with Gasteiger partial charge < -0.3 is 5.32 Å². The lowest BCUT2D eigenvalue weighted by Crippen LogP contribution is -2.11. The number of anilines is 1.